The van der Waals surface area contributed by atoms with Gasteiger partial charge in [0.15, 0.2) is 0 Å². The van der Waals surface area contributed by atoms with Crippen LogP contribution in [0.5, 0.6) is 0 Å². The van der Waals surface area contributed by atoms with E-state index >= 15 is 0 Å². The largest absolute Gasteiger partial charge is 3.00 e. The third kappa shape index (κ3) is 26.8. The van der Waals surface area contributed by atoms with Crippen LogP contribution in [-0.4, -0.2) is 117 Å². The van der Waals surface area contributed by atoms with Crippen molar-refractivity contribution >= 4 is 163 Å². The molecule has 0 heterocycles. The van der Waals surface area contributed by atoms with E-state index in [4.69, 9.17) is 0 Å². The average Bonchev–Trinajstić information content (AvgIpc) is 0.800. The number of benzene rings is 9. The van der Waals surface area contributed by atoms with Crippen LogP contribution in [0.1, 0.15) is 0 Å². The Labute approximate surface area is 608 Å². The summed E-state index contributed by atoms with van der Waals surface area (Å²) in [7, 11) is -43.9. The van der Waals surface area contributed by atoms with Gasteiger partial charge in [-0.05, 0) is 181 Å². The van der Waals surface area contributed by atoms with Crippen LogP contribution in [0.15, 0.2) is 262 Å². The van der Waals surface area contributed by atoms with Gasteiger partial charge in [0.25, 0.3) is 91.1 Å². The van der Waals surface area contributed by atoms with Crippen molar-refractivity contribution in [2.45, 2.75) is 44.1 Å². The van der Waals surface area contributed by atoms with E-state index in [0.29, 0.717) is 47.7 Å². The van der Waals surface area contributed by atoms with Gasteiger partial charge < -0.3 is 49.2 Å². The van der Waals surface area contributed by atoms with Gasteiger partial charge in [0, 0.05) is 0 Å². The van der Waals surface area contributed by atoms with Crippen molar-refractivity contribution in [2.75, 3.05) is 0 Å². The van der Waals surface area contributed by atoms with Gasteiger partial charge in [-0.2, -0.15) is 75.8 Å². The Bertz CT molecular complexity index is 4290. The summed E-state index contributed by atoms with van der Waals surface area (Å²) in [5.74, 6) is 0. The van der Waals surface area contributed by atoms with E-state index in [0.717, 1.165) is 0 Å². The normalized spacial score (nSPS) is 11.6. The topological polar surface area (TPSA) is 781 Å². The van der Waals surface area contributed by atoms with Crippen molar-refractivity contribution in [1.29, 1.82) is 0 Å². The van der Waals surface area contributed by atoms with Crippen molar-refractivity contribution in [3.63, 3.8) is 0 Å². The van der Waals surface area contributed by atoms with Crippen molar-refractivity contribution in [3.05, 3.63) is 218 Å². The maximum atomic E-state index is 11.3. The molecule has 0 aliphatic carbocycles. The molecule has 564 valence electrons. The van der Waals surface area contributed by atoms with E-state index in [1.807, 2.05) is 0 Å². The molecule has 35 nitrogen and oxygen atoms in total. The first-order chi connectivity index (χ1) is 42.8. The number of rotatable bonds is 18. The van der Waals surface area contributed by atoms with Gasteiger partial charge >= 0.3 is 22.4 Å². The first-order valence-electron chi connectivity index (χ1n) is 24.9. The second-order valence-electron chi connectivity index (χ2n) is 18.7. The number of hydrogen-bond acceptors (Lipinski definition) is 18. The van der Waals surface area contributed by atoms with Gasteiger partial charge in [-0.25, -0.2) is 0 Å². The summed E-state index contributed by atoms with van der Waals surface area (Å²) >= 11 is 0. The molecular weight excluding hydrogens is 1770 g/mol. The Kier molecular flexibility index (Phi) is 38.0. The summed E-state index contributed by atoms with van der Waals surface area (Å²) in [5.41, 5.74) is 0. The minimum atomic E-state index is -4.40. The molecule has 0 fully saturated rings. The van der Waals surface area contributed by atoms with Gasteiger partial charge in [0.1, 0.15) is 0 Å². The number of quaternary nitrogens is 8. The van der Waals surface area contributed by atoms with Gasteiger partial charge in [-0.3, -0.25) is 41.0 Å². The van der Waals surface area contributed by atoms with E-state index in [2.05, 4.69) is 0 Å². The molecule has 48 heteroatoms. The average molecular weight is 1850 g/mol. The standard InChI is InChI=1S/3C18H15O9PS3.Au.8H3N/c3*19-29(20,21)16-7-1-13(2-8-16)28(14-3-9-17(10-4-14)30(22,23)24)15-5-11-18(12-6-15)31(25,26)27;;;;;;;;;/h3*1-12H,(H,19,20,21)(H,22,23,24)(H,25,26,27);;8*1H3/q;;;+3;;;;;;;;/p+8. The van der Waals surface area contributed by atoms with Gasteiger partial charge in [0.05, 0.1) is 44.1 Å². The molecule has 9 rings (SSSR count). The summed E-state index contributed by atoms with van der Waals surface area (Å²) in [5, 5.41) is 5.51. The van der Waals surface area contributed by atoms with E-state index in [9.17, 15) is 117 Å². The van der Waals surface area contributed by atoms with Crippen LogP contribution in [0.2, 0.25) is 0 Å². The molecule has 0 aliphatic heterocycles. The van der Waals surface area contributed by atoms with Crippen molar-refractivity contribution in [2.24, 2.45) is 0 Å². The molecular formula is C54H77AuN8O27P3S9+11. The van der Waals surface area contributed by atoms with Crippen LogP contribution in [0, 0.1) is 0 Å². The van der Waals surface area contributed by atoms with E-state index in [-0.39, 0.29) is 116 Å². The fraction of sp³-hybridized carbons (Fsp3) is 0. The molecule has 0 amide bonds. The van der Waals surface area contributed by atoms with Crippen LogP contribution >= 0.6 is 23.8 Å². The van der Waals surface area contributed by atoms with Gasteiger partial charge in [-0.1, -0.05) is 109 Å². The molecule has 0 saturated carbocycles. The van der Waals surface area contributed by atoms with Crippen LogP contribution in [0.3, 0.4) is 0 Å². The molecule has 0 aromatic heterocycles. The first kappa shape index (κ1) is 100. The Morgan fingerprint density at radius 2 is 0.206 bits per heavy atom. The summed E-state index contributed by atoms with van der Waals surface area (Å²) in [4.78, 5) is -2.79. The summed E-state index contributed by atoms with van der Waals surface area (Å²) in [6, 6.07) is 48.3. The second-order valence-corrected chi connectivity index (χ2v) is 38.2. The summed E-state index contributed by atoms with van der Waals surface area (Å²) in [6.45, 7) is 0. The zero-order valence-electron chi connectivity index (χ0n) is 54.5. The quantitative estimate of drug-likeness (QED) is 0.0245. The molecule has 9 aromatic rings. The minimum Gasteiger partial charge on any atom is -0.369 e. The molecule has 0 bridgehead atoms. The molecule has 0 spiro atoms. The van der Waals surface area contributed by atoms with Crippen molar-refractivity contribution in [3.8, 4) is 0 Å². The second kappa shape index (κ2) is 38.8. The van der Waals surface area contributed by atoms with Gasteiger partial charge in [0.2, 0.25) is 0 Å². The first-order valence-corrected chi connectivity index (χ1v) is 41.9. The van der Waals surface area contributed by atoms with Gasteiger partial charge in [-0.15, -0.1) is 0 Å². The molecule has 0 aliphatic rings. The van der Waals surface area contributed by atoms with Crippen LogP contribution in [0.4, 0.5) is 0 Å². The Morgan fingerprint density at radius 3 is 0.255 bits per heavy atom. The molecule has 0 radical (unpaired) electrons. The minimum absolute atomic E-state index is 0. The SMILES string of the molecule is O=S(=O)(O)c1ccc(P(c2ccc(S(=O)(=O)O)cc2)c2ccc(S(=O)(=O)O)cc2)cc1.O=S(=O)(O)c1ccc(P(c2ccc(S(=O)(=O)O)cc2)c2ccc(S(=O)(=O)O)cc2)cc1.O=S(=O)(O)c1ccc(P(c2ccc(S(=O)(=O)O)cc2)c2ccc(S(=O)(=O)O)cc2)cc1.[Au+3].[NH4+].[NH4+].[NH4+].[NH4+].[NH4+].[NH4+].[NH4+].[NH4+]. The monoisotopic (exact) mass is 1850 g/mol. The maximum Gasteiger partial charge on any atom is 3.00 e. The zero-order valence-corrected chi connectivity index (χ0v) is 66.7. The molecule has 0 unspecified atom stereocenters. The molecule has 0 atom stereocenters. The fourth-order valence-electron chi connectivity index (χ4n) is 8.25. The smallest absolute Gasteiger partial charge is 0.369 e. The molecule has 102 heavy (non-hydrogen) atoms. The Morgan fingerprint density at radius 1 is 0.147 bits per heavy atom. The van der Waals surface area contributed by atoms with Crippen LogP contribution < -0.4 is 96.9 Å². The van der Waals surface area contributed by atoms with Crippen LogP contribution in [-0.2, 0) is 113 Å². The predicted octanol–water partition coefficient (Wildman–Crippen LogP) is 6.56. The van der Waals surface area contributed by atoms with Crippen molar-refractivity contribution < 1.29 is 139 Å². The maximum absolute atomic E-state index is 11.3. The summed E-state index contributed by atoms with van der Waals surface area (Å²) in [6.07, 6.45) is 0. The van der Waals surface area contributed by atoms with Crippen LogP contribution in [0.25, 0.3) is 0 Å². The summed E-state index contributed by atoms with van der Waals surface area (Å²) < 4.78 is 286. The Balaban J connectivity index is -0.00000138. The zero-order chi connectivity index (χ0) is 69.1. The van der Waals surface area contributed by atoms with E-state index in [1.165, 1.54) is 218 Å². The van der Waals surface area contributed by atoms with E-state index in [1.54, 1.807) is 0 Å². The van der Waals surface area contributed by atoms with Crippen molar-refractivity contribution in [1.82, 2.24) is 49.2 Å². The Hall–Kier alpha value is -6.12. The number of hydrogen-bond donors (Lipinski definition) is 17. The molecule has 9 aromatic carbocycles. The molecule has 41 N–H and O–H groups in total. The molecule has 0 saturated heterocycles. The van der Waals surface area contributed by atoms with E-state index < -0.39 is 115 Å². The predicted molar refractivity (Wildman–Crippen MR) is 392 cm³/mol. The third-order valence-corrected chi connectivity index (χ3v) is 27.7. The third-order valence-electron chi connectivity index (χ3n) is 12.5. The fourth-order valence-corrected chi connectivity index (χ4v) is 19.3.